The van der Waals surface area contributed by atoms with E-state index in [-0.39, 0.29) is 39.3 Å². The first kappa shape index (κ1) is 27.8. The van der Waals surface area contributed by atoms with E-state index in [0.717, 1.165) is 21.9 Å². The van der Waals surface area contributed by atoms with Gasteiger partial charge in [-0.25, -0.2) is 19.8 Å². The smallest absolute Gasteiger partial charge is 0.268 e. The minimum Gasteiger partial charge on any atom is -0.268 e. The highest BCUT2D eigenvalue weighted by Crippen LogP contribution is 2.34. The van der Waals surface area contributed by atoms with Crippen molar-refractivity contribution in [3.63, 3.8) is 0 Å². The zero-order valence-corrected chi connectivity index (χ0v) is 23.2. The van der Waals surface area contributed by atoms with Gasteiger partial charge in [0.15, 0.2) is 5.82 Å². The van der Waals surface area contributed by atoms with Gasteiger partial charge in [-0.3, -0.25) is 39.4 Å². The number of rotatable bonds is 6. The molecule has 46 heavy (non-hydrogen) atoms. The normalized spacial score (nSPS) is 13.7. The number of nitrogens with zero attached hydrogens (tertiary/aromatic N) is 6. The van der Waals surface area contributed by atoms with Crippen LogP contribution in [0.3, 0.4) is 0 Å². The Morgan fingerprint density at radius 1 is 0.478 bits per heavy atom. The number of nitro groups is 2. The van der Waals surface area contributed by atoms with Crippen LogP contribution in [0, 0.1) is 20.2 Å². The summed E-state index contributed by atoms with van der Waals surface area (Å²) >= 11 is 0. The number of carbonyl (C=O) groups excluding carboxylic acids is 4. The van der Waals surface area contributed by atoms with Gasteiger partial charge in [0.05, 0.1) is 43.5 Å². The highest BCUT2D eigenvalue weighted by atomic mass is 16.6. The number of fused-ring (bicyclic) bond motifs is 2. The molecule has 0 saturated carbocycles. The zero-order valence-electron chi connectivity index (χ0n) is 23.2. The van der Waals surface area contributed by atoms with Crippen molar-refractivity contribution in [3.8, 4) is 22.5 Å². The van der Waals surface area contributed by atoms with Crippen molar-refractivity contribution in [1.29, 1.82) is 0 Å². The van der Waals surface area contributed by atoms with Crippen LogP contribution in [0.4, 0.5) is 22.7 Å². The van der Waals surface area contributed by atoms with Crippen molar-refractivity contribution in [1.82, 2.24) is 9.97 Å². The molecule has 0 aliphatic carbocycles. The summed E-state index contributed by atoms with van der Waals surface area (Å²) in [4.78, 5) is 83.3. The lowest BCUT2D eigenvalue weighted by molar-refractivity contribution is -0.385. The van der Waals surface area contributed by atoms with Crippen molar-refractivity contribution >= 4 is 46.4 Å². The minimum atomic E-state index is -0.657. The lowest BCUT2D eigenvalue weighted by Gasteiger charge is -2.14. The van der Waals surface area contributed by atoms with Gasteiger partial charge in [0, 0.05) is 47.8 Å². The van der Waals surface area contributed by atoms with Crippen LogP contribution in [0.15, 0.2) is 97.3 Å². The third kappa shape index (κ3) is 4.36. The molecule has 0 saturated heterocycles. The second-order valence-corrected chi connectivity index (χ2v) is 10.3. The summed E-state index contributed by atoms with van der Waals surface area (Å²) in [5.74, 6) is -2.10. The van der Waals surface area contributed by atoms with Gasteiger partial charge in [0.1, 0.15) is 0 Å². The fourth-order valence-corrected chi connectivity index (χ4v) is 5.34. The molecule has 2 aliphatic heterocycles. The van der Waals surface area contributed by atoms with Gasteiger partial charge < -0.3 is 0 Å². The third-order valence-corrected chi connectivity index (χ3v) is 7.66. The summed E-state index contributed by atoms with van der Waals surface area (Å²) in [6.07, 6.45) is 3.17. The number of aromatic nitrogens is 2. The lowest BCUT2D eigenvalue weighted by Crippen LogP contribution is -2.29. The van der Waals surface area contributed by atoms with E-state index in [0.29, 0.717) is 28.2 Å². The first-order valence-electron chi connectivity index (χ1n) is 13.5. The number of imide groups is 2. The Balaban J connectivity index is 1.07. The molecule has 3 heterocycles. The van der Waals surface area contributed by atoms with E-state index in [4.69, 9.17) is 0 Å². The molecule has 7 rings (SSSR count). The number of hydrogen-bond donors (Lipinski definition) is 0. The molecule has 14 heteroatoms. The standard InChI is InChI=1S/C32H16N6O8/c39-29-24-11-9-22(37(43)44)13-26(24)31(41)35(29)20-5-1-17(2-6-20)19-15-33-28(34-16-19)18-3-7-21(8-4-18)36-30(40)25-12-10-23(38(45)46)14-27(25)32(36)42/h1-16H. The number of benzene rings is 4. The number of anilines is 2. The Morgan fingerprint density at radius 2 is 0.870 bits per heavy atom. The predicted molar refractivity (Wildman–Crippen MR) is 161 cm³/mol. The SMILES string of the molecule is O=C1c2ccc([N+](=O)[O-])cc2C(=O)N1c1ccc(-c2cnc(-c3ccc(N4C(=O)c5ccc([N+](=O)[O-])cc5C4=O)cc3)nc2)cc1. The first-order chi connectivity index (χ1) is 22.1. The number of amides is 4. The van der Waals surface area contributed by atoms with Crippen LogP contribution in [-0.2, 0) is 0 Å². The van der Waals surface area contributed by atoms with E-state index in [1.807, 2.05) is 0 Å². The topological polar surface area (TPSA) is 187 Å². The molecule has 0 atom stereocenters. The number of carbonyl (C=O) groups is 4. The first-order valence-corrected chi connectivity index (χ1v) is 13.5. The largest absolute Gasteiger partial charge is 0.270 e. The van der Waals surface area contributed by atoms with Crippen LogP contribution >= 0.6 is 0 Å². The minimum absolute atomic E-state index is 0.0321. The Kier molecular flexibility index (Phi) is 6.26. The molecule has 14 nitrogen and oxygen atoms in total. The molecule has 1 aromatic heterocycles. The van der Waals surface area contributed by atoms with Crippen molar-refractivity contribution in [2.24, 2.45) is 0 Å². The Morgan fingerprint density at radius 3 is 1.28 bits per heavy atom. The van der Waals surface area contributed by atoms with Crippen molar-refractivity contribution in [3.05, 3.63) is 140 Å². The average Bonchev–Trinajstić information content (AvgIpc) is 3.48. The van der Waals surface area contributed by atoms with E-state index in [9.17, 15) is 39.4 Å². The van der Waals surface area contributed by atoms with Crippen LogP contribution in [0.25, 0.3) is 22.5 Å². The quantitative estimate of drug-likeness (QED) is 0.140. The molecule has 0 bridgehead atoms. The monoisotopic (exact) mass is 612 g/mol. The molecular formula is C32H16N6O8. The lowest BCUT2D eigenvalue weighted by atomic mass is 10.1. The number of hydrogen-bond acceptors (Lipinski definition) is 10. The Labute approximate surface area is 257 Å². The molecule has 4 aromatic carbocycles. The second kappa shape index (κ2) is 10.3. The zero-order chi connectivity index (χ0) is 32.3. The molecule has 222 valence electrons. The van der Waals surface area contributed by atoms with Crippen LogP contribution < -0.4 is 9.80 Å². The highest BCUT2D eigenvalue weighted by Gasteiger charge is 2.39. The summed E-state index contributed by atoms with van der Waals surface area (Å²) < 4.78 is 0. The third-order valence-electron chi connectivity index (χ3n) is 7.66. The van der Waals surface area contributed by atoms with E-state index in [1.54, 1.807) is 60.9 Å². The van der Waals surface area contributed by atoms with Crippen LogP contribution in [0.5, 0.6) is 0 Å². The van der Waals surface area contributed by atoms with Crippen molar-refractivity contribution in [2.45, 2.75) is 0 Å². The summed E-state index contributed by atoms with van der Waals surface area (Å²) in [5, 5.41) is 22.2. The maximum absolute atomic E-state index is 12.9. The van der Waals surface area contributed by atoms with Crippen LogP contribution in [0.2, 0.25) is 0 Å². The average molecular weight is 613 g/mol. The van der Waals surface area contributed by atoms with Gasteiger partial charge >= 0.3 is 0 Å². The summed E-state index contributed by atoms with van der Waals surface area (Å²) in [7, 11) is 0. The van der Waals surface area contributed by atoms with Gasteiger partial charge in [0.25, 0.3) is 35.0 Å². The maximum Gasteiger partial charge on any atom is 0.270 e. The van der Waals surface area contributed by atoms with Crippen LogP contribution in [-0.4, -0.2) is 43.4 Å². The summed E-state index contributed by atoms with van der Waals surface area (Å²) in [5.41, 5.74) is 2.06. The number of non-ortho nitro benzene ring substituents is 2. The van der Waals surface area contributed by atoms with E-state index in [1.165, 1.54) is 24.3 Å². The van der Waals surface area contributed by atoms with Crippen molar-refractivity contribution in [2.75, 3.05) is 9.80 Å². The second-order valence-electron chi connectivity index (χ2n) is 10.3. The van der Waals surface area contributed by atoms with Gasteiger partial charge in [-0.2, -0.15) is 0 Å². The fraction of sp³-hybridized carbons (Fsp3) is 0. The summed E-state index contributed by atoms with van der Waals surface area (Å²) in [6.45, 7) is 0. The molecule has 5 aromatic rings. The summed E-state index contributed by atoms with van der Waals surface area (Å²) in [6, 6.07) is 20.0. The molecule has 0 radical (unpaired) electrons. The van der Waals surface area contributed by atoms with E-state index < -0.39 is 33.5 Å². The molecule has 4 amide bonds. The van der Waals surface area contributed by atoms with Gasteiger partial charge in [0.2, 0.25) is 0 Å². The molecule has 0 N–H and O–H groups in total. The molecular weight excluding hydrogens is 596 g/mol. The molecule has 0 fully saturated rings. The highest BCUT2D eigenvalue weighted by molar-refractivity contribution is 6.35. The van der Waals surface area contributed by atoms with Crippen molar-refractivity contribution < 1.29 is 29.0 Å². The molecule has 2 aliphatic rings. The Bertz CT molecular complexity index is 2020. The predicted octanol–water partition coefficient (Wildman–Crippen LogP) is 5.23. The van der Waals surface area contributed by atoms with Crippen LogP contribution in [0.1, 0.15) is 41.4 Å². The van der Waals surface area contributed by atoms with Gasteiger partial charge in [-0.15, -0.1) is 0 Å². The van der Waals surface area contributed by atoms with Gasteiger partial charge in [-0.1, -0.05) is 12.1 Å². The van der Waals surface area contributed by atoms with E-state index >= 15 is 0 Å². The molecule has 0 unspecified atom stereocenters. The van der Waals surface area contributed by atoms with E-state index in [2.05, 4.69) is 9.97 Å². The maximum atomic E-state index is 12.9. The Hall–Kier alpha value is -6.96. The fourth-order valence-electron chi connectivity index (χ4n) is 5.34. The number of nitro benzene ring substituents is 2. The van der Waals surface area contributed by atoms with Gasteiger partial charge in [-0.05, 0) is 54.1 Å². The molecule has 0 spiro atoms.